The zero-order chi connectivity index (χ0) is 9.14. The number of ether oxygens (including phenoxy) is 2. The average Bonchev–Trinajstić information content (AvgIpc) is 2.06. The van der Waals surface area contributed by atoms with E-state index in [1.165, 1.54) is 26.4 Å². The van der Waals surface area contributed by atoms with Gasteiger partial charge in [0.2, 0.25) is 11.5 Å². The fourth-order valence-electron chi connectivity index (χ4n) is 0.908. The Morgan fingerprint density at radius 1 is 1.08 bits per heavy atom. The number of aromatic hydroxyl groups is 2. The highest BCUT2D eigenvalue weighted by Gasteiger charge is 2.12. The van der Waals surface area contributed by atoms with Crippen LogP contribution in [0.1, 0.15) is 0 Å². The number of hydrogen-bond acceptors (Lipinski definition) is 4. The molecule has 1 aromatic carbocycles. The second-order valence-corrected chi connectivity index (χ2v) is 2.17. The maximum Gasteiger partial charge on any atom is 0.206 e. The minimum atomic E-state index is -0.194. The van der Waals surface area contributed by atoms with Crippen molar-refractivity contribution in [3.05, 3.63) is 12.1 Å². The van der Waals surface area contributed by atoms with Crippen molar-refractivity contribution in [1.29, 1.82) is 0 Å². The first kappa shape index (κ1) is 8.52. The van der Waals surface area contributed by atoms with E-state index in [2.05, 4.69) is 0 Å². The number of benzene rings is 1. The summed E-state index contributed by atoms with van der Waals surface area (Å²) < 4.78 is 9.54. The van der Waals surface area contributed by atoms with Gasteiger partial charge in [-0.25, -0.2) is 0 Å². The minimum absolute atomic E-state index is 0.0225. The summed E-state index contributed by atoms with van der Waals surface area (Å²) >= 11 is 0. The van der Waals surface area contributed by atoms with Gasteiger partial charge in [-0.15, -0.1) is 0 Å². The van der Waals surface area contributed by atoms with Crippen molar-refractivity contribution < 1.29 is 19.7 Å². The van der Waals surface area contributed by atoms with Gasteiger partial charge in [-0.2, -0.15) is 0 Å². The number of hydrogen-bond donors (Lipinski definition) is 2. The Balaban J connectivity index is 3.24. The maximum atomic E-state index is 9.36. The third-order valence-corrected chi connectivity index (χ3v) is 1.50. The molecule has 0 aliphatic carbocycles. The highest BCUT2D eigenvalue weighted by molar-refractivity contribution is 5.57. The van der Waals surface area contributed by atoms with Gasteiger partial charge in [-0.1, -0.05) is 0 Å². The Labute approximate surface area is 70.0 Å². The van der Waals surface area contributed by atoms with E-state index in [-0.39, 0.29) is 23.0 Å². The van der Waals surface area contributed by atoms with Gasteiger partial charge in [-0.05, 0) is 12.1 Å². The molecule has 0 saturated heterocycles. The first-order valence-electron chi connectivity index (χ1n) is 3.33. The summed E-state index contributed by atoms with van der Waals surface area (Å²) in [6, 6.07) is 2.84. The minimum Gasteiger partial charge on any atom is -0.504 e. The molecule has 0 aliphatic rings. The summed E-state index contributed by atoms with van der Waals surface area (Å²) in [7, 11) is 2.78. The number of phenols is 2. The molecule has 0 fully saturated rings. The monoisotopic (exact) mass is 170 g/mol. The van der Waals surface area contributed by atoms with Crippen LogP contribution in [0.25, 0.3) is 0 Å². The van der Waals surface area contributed by atoms with E-state index in [4.69, 9.17) is 9.47 Å². The van der Waals surface area contributed by atoms with Crippen LogP contribution in [0.5, 0.6) is 23.0 Å². The van der Waals surface area contributed by atoms with Crippen molar-refractivity contribution in [2.75, 3.05) is 14.2 Å². The van der Waals surface area contributed by atoms with Crippen LogP contribution in [0.4, 0.5) is 0 Å². The fraction of sp³-hybridized carbons (Fsp3) is 0.250. The lowest BCUT2D eigenvalue weighted by atomic mass is 10.2. The van der Waals surface area contributed by atoms with Crippen LogP contribution in [0.15, 0.2) is 12.1 Å². The summed E-state index contributed by atoms with van der Waals surface area (Å²) in [6.45, 7) is 0. The fourth-order valence-corrected chi connectivity index (χ4v) is 0.908. The molecule has 0 atom stereocenters. The number of phenolic OH excluding ortho intramolecular Hbond substituents is 2. The van der Waals surface area contributed by atoms with Gasteiger partial charge in [0, 0.05) is 0 Å². The van der Waals surface area contributed by atoms with Gasteiger partial charge < -0.3 is 19.7 Å². The van der Waals surface area contributed by atoms with Crippen molar-refractivity contribution in [3.8, 4) is 23.0 Å². The standard InChI is InChI=1S/C8H10O4/c1-11-6-4-3-5(9)8(12-2)7(6)10/h3-4,9-10H,1-2H3. The van der Waals surface area contributed by atoms with E-state index in [1.54, 1.807) is 0 Å². The molecule has 0 bridgehead atoms. The van der Waals surface area contributed by atoms with Crippen LogP contribution >= 0.6 is 0 Å². The van der Waals surface area contributed by atoms with E-state index < -0.39 is 0 Å². The van der Waals surface area contributed by atoms with Crippen LogP contribution in [0.2, 0.25) is 0 Å². The Morgan fingerprint density at radius 2 is 1.75 bits per heavy atom. The molecule has 0 aliphatic heterocycles. The summed E-state index contributed by atoms with van der Waals surface area (Å²) in [4.78, 5) is 0. The third kappa shape index (κ3) is 1.23. The Kier molecular flexibility index (Phi) is 2.28. The first-order chi connectivity index (χ1) is 5.70. The van der Waals surface area contributed by atoms with E-state index >= 15 is 0 Å². The topological polar surface area (TPSA) is 58.9 Å². The Hall–Kier alpha value is -1.58. The van der Waals surface area contributed by atoms with Gasteiger partial charge in [0.1, 0.15) is 0 Å². The predicted molar refractivity (Wildman–Crippen MR) is 42.9 cm³/mol. The van der Waals surface area contributed by atoms with Gasteiger partial charge in [-0.3, -0.25) is 0 Å². The molecule has 0 unspecified atom stereocenters. The SMILES string of the molecule is COc1ccc(O)c(OC)c1O. The summed E-state index contributed by atoms with van der Waals surface area (Å²) in [5.74, 6) is -0.0187. The molecule has 0 radical (unpaired) electrons. The van der Waals surface area contributed by atoms with Gasteiger partial charge in [0.15, 0.2) is 11.5 Å². The normalized spacial score (nSPS) is 9.50. The average molecular weight is 170 g/mol. The zero-order valence-corrected chi connectivity index (χ0v) is 6.87. The second-order valence-electron chi connectivity index (χ2n) is 2.17. The quantitative estimate of drug-likeness (QED) is 0.698. The highest BCUT2D eigenvalue weighted by atomic mass is 16.5. The molecule has 0 heterocycles. The van der Waals surface area contributed by atoms with Crippen LogP contribution < -0.4 is 9.47 Å². The van der Waals surface area contributed by atoms with Crippen molar-refractivity contribution in [2.45, 2.75) is 0 Å². The molecule has 4 heteroatoms. The molecule has 12 heavy (non-hydrogen) atoms. The van der Waals surface area contributed by atoms with Gasteiger partial charge >= 0.3 is 0 Å². The van der Waals surface area contributed by atoms with Crippen molar-refractivity contribution in [3.63, 3.8) is 0 Å². The van der Waals surface area contributed by atoms with Gasteiger partial charge in [0.05, 0.1) is 14.2 Å². The molecular weight excluding hydrogens is 160 g/mol. The highest BCUT2D eigenvalue weighted by Crippen LogP contribution is 2.42. The Morgan fingerprint density at radius 3 is 2.25 bits per heavy atom. The molecule has 4 nitrogen and oxygen atoms in total. The molecule has 1 aromatic rings. The molecule has 66 valence electrons. The molecule has 0 amide bonds. The lowest BCUT2D eigenvalue weighted by Gasteiger charge is -2.08. The summed E-state index contributed by atoms with van der Waals surface area (Å²) in [5, 5.41) is 18.5. The van der Waals surface area contributed by atoms with Crippen LogP contribution in [-0.2, 0) is 0 Å². The molecule has 0 spiro atoms. The van der Waals surface area contributed by atoms with Crippen molar-refractivity contribution >= 4 is 0 Å². The van der Waals surface area contributed by atoms with Crippen LogP contribution in [-0.4, -0.2) is 24.4 Å². The van der Waals surface area contributed by atoms with E-state index in [1.807, 2.05) is 0 Å². The van der Waals surface area contributed by atoms with E-state index in [0.717, 1.165) is 0 Å². The molecule has 2 N–H and O–H groups in total. The predicted octanol–water partition coefficient (Wildman–Crippen LogP) is 1.11. The lowest BCUT2D eigenvalue weighted by molar-refractivity contribution is 0.322. The third-order valence-electron chi connectivity index (χ3n) is 1.50. The van der Waals surface area contributed by atoms with Crippen molar-refractivity contribution in [2.24, 2.45) is 0 Å². The van der Waals surface area contributed by atoms with Crippen molar-refractivity contribution in [1.82, 2.24) is 0 Å². The van der Waals surface area contributed by atoms with E-state index in [0.29, 0.717) is 0 Å². The molecule has 0 saturated carbocycles. The van der Waals surface area contributed by atoms with E-state index in [9.17, 15) is 10.2 Å². The summed E-state index contributed by atoms with van der Waals surface area (Å²) in [6.07, 6.45) is 0. The number of rotatable bonds is 2. The largest absolute Gasteiger partial charge is 0.504 e. The Bertz CT molecular complexity index is 283. The first-order valence-corrected chi connectivity index (χ1v) is 3.33. The lowest BCUT2D eigenvalue weighted by Crippen LogP contribution is -1.88. The van der Waals surface area contributed by atoms with Crippen LogP contribution in [0, 0.1) is 0 Å². The van der Waals surface area contributed by atoms with Gasteiger partial charge in [0.25, 0.3) is 0 Å². The molecule has 1 rings (SSSR count). The maximum absolute atomic E-state index is 9.36. The summed E-state index contributed by atoms with van der Waals surface area (Å²) in [5.41, 5.74) is 0. The molecule has 0 aromatic heterocycles. The number of methoxy groups -OCH3 is 2. The molecular formula is C8H10O4. The second kappa shape index (κ2) is 3.21. The van der Waals surface area contributed by atoms with Crippen LogP contribution in [0.3, 0.4) is 0 Å². The smallest absolute Gasteiger partial charge is 0.206 e. The zero-order valence-electron chi connectivity index (χ0n) is 6.87.